The maximum Gasteiger partial charge on any atom is 0.460 e. The second-order valence-corrected chi connectivity index (χ2v) is 9.71. The quantitative estimate of drug-likeness (QED) is 0.0920. The third kappa shape index (κ3) is 7.74. The van der Waals surface area contributed by atoms with Crippen LogP contribution in [0.3, 0.4) is 0 Å². The molecule has 0 amide bonds. The van der Waals surface area contributed by atoms with Crippen LogP contribution in [0.25, 0.3) is 0 Å². The number of rotatable bonds is 17. The van der Waals surface area contributed by atoms with E-state index in [-0.39, 0.29) is 12.4 Å². The Hall–Kier alpha value is -3.03. The lowest BCUT2D eigenvalue weighted by Crippen LogP contribution is -2.74. The lowest BCUT2D eigenvalue weighted by molar-refractivity contribution is -0.461. The Balaban J connectivity index is 3.21. The summed E-state index contributed by atoms with van der Waals surface area (Å²) < 4.78 is 237. The molecule has 0 N–H and O–H groups in total. The summed E-state index contributed by atoms with van der Waals surface area (Å²) in [6, 6.07) is 2.95. The number of ether oxygens (including phenoxy) is 2. The molecular formula is C25H23F17O4. The average molecular weight is 710 g/mol. The standard InChI is InChI=1S/C25H23F17O4/c1-2-3-4-5-6-7-12-45-14-8-10-15(43)16(11-9-14)46-17(44)13-18(26,27)19(28,29)20(30,31)21(32,33)22(34,35)23(36,37)24(38,39)25(40,41)42/h8-11H,2-7,12-13H2,1H3. The van der Waals surface area contributed by atoms with Crippen molar-refractivity contribution in [3.05, 3.63) is 34.5 Å². The molecule has 0 bridgehead atoms. The molecular weight excluding hydrogens is 687 g/mol. The van der Waals surface area contributed by atoms with Crippen molar-refractivity contribution in [3.63, 3.8) is 0 Å². The Bertz CT molecular complexity index is 1250. The zero-order valence-electron chi connectivity index (χ0n) is 23.0. The van der Waals surface area contributed by atoms with Crippen LogP contribution in [0.15, 0.2) is 29.1 Å². The highest BCUT2D eigenvalue weighted by Gasteiger charge is 2.95. The van der Waals surface area contributed by atoms with E-state index >= 15 is 0 Å². The first-order valence-corrected chi connectivity index (χ1v) is 12.8. The van der Waals surface area contributed by atoms with Gasteiger partial charge in [-0.3, -0.25) is 9.59 Å². The van der Waals surface area contributed by atoms with Crippen LogP contribution in [0.5, 0.6) is 11.5 Å². The molecule has 266 valence electrons. The molecule has 0 spiro atoms. The highest BCUT2D eigenvalue weighted by atomic mass is 19.4. The van der Waals surface area contributed by atoms with Crippen molar-refractivity contribution in [1.29, 1.82) is 0 Å². The topological polar surface area (TPSA) is 52.6 Å². The number of carbonyl (C=O) groups is 1. The van der Waals surface area contributed by atoms with Crippen LogP contribution >= 0.6 is 0 Å². The lowest BCUT2D eigenvalue weighted by Gasteiger charge is -2.42. The van der Waals surface area contributed by atoms with Gasteiger partial charge in [0.05, 0.1) is 6.61 Å². The summed E-state index contributed by atoms with van der Waals surface area (Å²) in [5.74, 6) is -62.2. The molecule has 0 radical (unpaired) electrons. The fourth-order valence-electron chi connectivity index (χ4n) is 3.44. The highest BCUT2D eigenvalue weighted by molar-refractivity contribution is 5.73. The fourth-order valence-corrected chi connectivity index (χ4v) is 3.44. The Morgan fingerprint density at radius 3 is 1.52 bits per heavy atom. The smallest absolute Gasteiger partial charge is 0.460 e. The van der Waals surface area contributed by atoms with Crippen LogP contribution < -0.4 is 14.9 Å². The molecule has 21 heteroatoms. The van der Waals surface area contributed by atoms with Gasteiger partial charge in [0.2, 0.25) is 5.43 Å². The predicted octanol–water partition coefficient (Wildman–Crippen LogP) is 9.09. The summed E-state index contributed by atoms with van der Waals surface area (Å²) in [4.78, 5) is 23.8. The van der Waals surface area contributed by atoms with E-state index in [2.05, 4.69) is 4.74 Å². The second kappa shape index (κ2) is 14.0. The van der Waals surface area contributed by atoms with Crippen molar-refractivity contribution in [2.75, 3.05) is 6.61 Å². The predicted molar refractivity (Wildman–Crippen MR) is 123 cm³/mol. The first-order valence-electron chi connectivity index (χ1n) is 12.8. The van der Waals surface area contributed by atoms with Crippen LogP contribution in [0.1, 0.15) is 51.9 Å². The second-order valence-electron chi connectivity index (χ2n) is 9.71. The summed E-state index contributed by atoms with van der Waals surface area (Å²) in [6.45, 7) is 2.09. The van der Waals surface area contributed by atoms with E-state index in [1.807, 2.05) is 6.92 Å². The van der Waals surface area contributed by atoms with Crippen molar-refractivity contribution < 1.29 is 88.9 Å². The van der Waals surface area contributed by atoms with E-state index in [0.29, 0.717) is 18.6 Å². The SMILES string of the molecule is CCCCCCCCOc1ccc(OC(=O)CC(F)(F)C(F)(F)C(F)(F)C(F)(F)C(F)(F)C(F)(F)C(F)(F)C(F)(F)F)c(=O)cc1. The Kier molecular flexibility index (Phi) is 12.5. The van der Waals surface area contributed by atoms with E-state index in [9.17, 15) is 84.2 Å². The maximum atomic E-state index is 14.1. The zero-order valence-corrected chi connectivity index (χ0v) is 23.0. The number of unbranched alkanes of at least 4 members (excludes halogenated alkanes) is 5. The molecule has 0 fully saturated rings. The Labute approximate surface area is 247 Å². The number of hydrogen-bond donors (Lipinski definition) is 0. The molecule has 0 aromatic heterocycles. The van der Waals surface area contributed by atoms with Gasteiger partial charge in [0.25, 0.3) is 0 Å². The van der Waals surface area contributed by atoms with Gasteiger partial charge in [-0.25, -0.2) is 0 Å². The molecule has 1 rings (SSSR count). The van der Waals surface area contributed by atoms with Crippen molar-refractivity contribution in [2.45, 2.75) is 99.5 Å². The normalized spacial score (nSPS) is 14.3. The molecule has 46 heavy (non-hydrogen) atoms. The minimum atomic E-state index is -8.78. The summed E-state index contributed by atoms with van der Waals surface area (Å²) in [5, 5.41) is 0. The molecule has 4 nitrogen and oxygen atoms in total. The monoisotopic (exact) mass is 710 g/mol. The van der Waals surface area contributed by atoms with E-state index in [4.69, 9.17) is 4.74 Å². The maximum absolute atomic E-state index is 14.1. The molecule has 1 aromatic carbocycles. The minimum Gasteiger partial charge on any atom is -0.494 e. The van der Waals surface area contributed by atoms with Gasteiger partial charge < -0.3 is 9.47 Å². The first kappa shape index (κ1) is 41.0. The fraction of sp³-hybridized carbons (Fsp3) is 0.680. The van der Waals surface area contributed by atoms with Gasteiger partial charge in [-0.15, -0.1) is 0 Å². The number of halogens is 17. The van der Waals surface area contributed by atoms with Crippen molar-refractivity contribution >= 4 is 5.97 Å². The number of hydrogen-bond acceptors (Lipinski definition) is 4. The van der Waals surface area contributed by atoms with Crippen molar-refractivity contribution in [1.82, 2.24) is 0 Å². The van der Waals surface area contributed by atoms with Gasteiger partial charge in [-0.05, 0) is 30.7 Å². The van der Waals surface area contributed by atoms with E-state index in [1.165, 1.54) is 0 Å². The Morgan fingerprint density at radius 1 is 0.587 bits per heavy atom. The van der Waals surface area contributed by atoms with Crippen LogP contribution in [-0.4, -0.2) is 60.2 Å². The van der Waals surface area contributed by atoms with E-state index in [1.54, 1.807) is 0 Å². The van der Waals surface area contributed by atoms with Crippen LogP contribution in [0.2, 0.25) is 0 Å². The zero-order chi connectivity index (χ0) is 36.2. The molecule has 0 atom stereocenters. The van der Waals surface area contributed by atoms with Gasteiger partial charge in [-0.2, -0.15) is 74.6 Å². The minimum absolute atomic E-state index is 0.0957. The Morgan fingerprint density at radius 2 is 1.02 bits per heavy atom. The molecule has 0 saturated carbocycles. The molecule has 0 unspecified atom stereocenters. The molecule has 0 saturated heterocycles. The van der Waals surface area contributed by atoms with Gasteiger partial charge in [0, 0.05) is 0 Å². The average Bonchev–Trinajstić information content (AvgIpc) is 3.07. The number of alkyl halides is 17. The van der Waals surface area contributed by atoms with Crippen LogP contribution in [-0.2, 0) is 4.79 Å². The van der Waals surface area contributed by atoms with Crippen LogP contribution in [0.4, 0.5) is 74.6 Å². The summed E-state index contributed by atoms with van der Waals surface area (Å²) in [7, 11) is 0. The van der Waals surface area contributed by atoms with E-state index in [0.717, 1.165) is 44.2 Å². The van der Waals surface area contributed by atoms with Crippen molar-refractivity contribution in [3.8, 4) is 11.5 Å². The van der Waals surface area contributed by atoms with Gasteiger partial charge in [-0.1, -0.05) is 39.0 Å². The summed E-state index contributed by atoms with van der Waals surface area (Å²) in [5.41, 5.74) is -1.37. The molecule has 0 aliphatic carbocycles. The summed E-state index contributed by atoms with van der Waals surface area (Å²) >= 11 is 0. The largest absolute Gasteiger partial charge is 0.494 e. The molecule has 0 aliphatic rings. The number of carbonyl (C=O) groups excluding carboxylic acids is 1. The molecule has 0 aliphatic heterocycles. The van der Waals surface area contributed by atoms with Crippen LogP contribution in [0, 0.1) is 0 Å². The summed E-state index contributed by atoms with van der Waals surface area (Å²) in [6.07, 6.45) is -6.22. The van der Waals surface area contributed by atoms with Gasteiger partial charge >= 0.3 is 53.6 Å². The third-order valence-corrected chi connectivity index (χ3v) is 6.18. The first-order chi connectivity index (χ1) is 20.6. The lowest BCUT2D eigenvalue weighted by atomic mass is 9.88. The van der Waals surface area contributed by atoms with E-state index < -0.39 is 71.2 Å². The molecule has 0 heterocycles. The van der Waals surface area contributed by atoms with Crippen molar-refractivity contribution in [2.24, 2.45) is 0 Å². The highest BCUT2D eigenvalue weighted by Crippen LogP contribution is 2.64. The number of esters is 1. The molecule has 1 aromatic rings. The third-order valence-electron chi connectivity index (χ3n) is 6.18. The van der Waals surface area contributed by atoms with Gasteiger partial charge in [0.15, 0.2) is 5.75 Å². The van der Waals surface area contributed by atoms with Gasteiger partial charge in [0.1, 0.15) is 12.2 Å².